The Kier molecular flexibility index (Phi) is 3.98. The van der Waals surface area contributed by atoms with E-state index in [4.69, 9.17) is 11.6 Å². The van der Waals surface area contributed by atoms with Gasteiger partial charge in [0.25, 0.3) is 0 Å². The van der Waals surface area contributed by atoms with Gasteiger partial charge in [-0.25, -0.2) is 0 Å². The van der Waals surface area contributed by atoms with E-state index in [9.17, 15) is 4.79 Å². The van der Waals surface area contributed by atoms with E-state index >= 15 is 0 Å². The first-order valence-corrected chi connectivity index (χ1v) is 5.75. The molecule has 2 nitrogen and oxygen atoms in total. The van der Waals surface area contributed by atoms with E-state index in [1.807, 2.05) is 52.0 Å². The van der Waals surface area contributed by atoms with E-state index in [0.717, 1.165) is 5.56 Å². The van der Waals surface area contributed by atoms with Crippen LogP contribution in [0.3, 0.4) is 0 Å². The zero-order chi connectivity index (χ0) is 12.3. The summed E-state index contributed by atoms with van der Waals surface area (Å²) in [6.07, 6.45) is 0. The number of halogens is 1. The fraction of sp³-hybridized carbons (Fsp3) is 0.462. The molecule has 1 aromatic carbocycles. The summed E-state index contributed by atoms with van der Waals surface area (Å²) in [6, 6.07) is 7.52. The molecule has 0 saturated carbocycles. The highest BCUT2D eigenvalue weighted by Crippen LogP contribution is 2.19. The molecule has 0 aliphatic carbocycles. The number of carbonyl (C=O) groups excluding carboxylic acids is 1. The van der Waals surface area contributed by atoms with Crippen molar-refractivity contribution >= 4 is 17.5 Å². The molecular weight excluding hydrogens is 222 g/mol. The minimum absolute atomic E-state index is 0.00370. The Morgan fingerprint density at radius 3 is 2.19 bits per heavy atom. The fourth-order valence-electron chi connectivity index (χ4n) is 1.25. The van der Waals surface area contributed by atoms with Crippen molar-refractivity contribution in [2.24, 2.45) is 5.41 Å². The first kappa shape index (κ1) is 13.0. The van der Waals surface area contributed by atoms with Gasteiger partial charge in [0.05, 0.1) is 6.04 Å². The summed E-state index contributed by atoms with van der Waals surface area (Å²) in [5.74, 6) is 0.0509. The van der Waals surface area contributed by atoms with Gasteiger partial charge in [-0.2, -0.15) is 0 Å². The summed E-state index contributed by atoms with van der Waals surface area (Å²) in [7, 11) is 0. The molecule has 0 saturated heterocycles. The van der Waals surface area contributed by atoms with Crippen LogP contribution < -0.4 is 5.32 Å². The molecule has 0 aliphatic rings. The second kappa shape index (κ2) is 4.88. The van der Waals surface area contributed by atoms with Gasteiger partial charge in [-0.1, -0.05) is 44.5 Å². The van der Waals surface area contributed by atoms with Crippen molar-refractivity contribution in [1.29, 1.82) is 0 Å². The highest BCUT2D eigenvalue weighted by atomic mass is 35.5. The van der Waals surface area contributed by atoms with Crippen molar-refractivity contribution in [3.63, 3.8) is 0 Å². The standard InChI is InChI=1S/C13H18ClNO/c1-9(15-12(16)13(2,3)4)10-5-7-11(14)8-6-10/h5-9H,1-4H3,(H,15,16). The maximum atomic E-state index is 11.8. The number of hydrogen-bond acceptors (Lipinski definition) is 1. The third-order valence-corrected chi connectivity index (χ3v) is 2.65. The predicted octanol–water partition coefficient (Wildman–Crippen LogP) is 3.56. The number of rotatable bonds is 2. The molecule has 1 rings (SSSR count). The van der Waals surface area contributed by atoms with Gasteiger partial charge in [0, 0.05) is 10.4 Å². The molecule has 1 aromatic rings. The molecule has 0 bridgehead atoms. The van der Waals surface area contributed by atoms with Gasteiger partial charge < -0.3 is 5.32 Å². The van der Waals surface area contributed by atoms with E-state index in [1.165, 1.54) is 0 Å². The molecule has 0 aromatic heterocycles. The van der Waals surface area contributed by atoms with Crippen molar-refractivity contribution < 1.29 is 4.79 Å². The highest BCUT2D eigenvalue weighted by Gasteiger charge is 2.22. The molecule has 1 amide bonds. The summed E-state index contributed by atoms with van der Waals surface area (Å²) in [5.41, 5.74) is 0.697. The van der Waals surface area contributed by atoms with Gasteiger partial charge in [-0.05, 0) is 24.6 Å². The van der Waals surface area contributed by atoms with Crippen LogP contribution in [0.15, 0.2) is 24.3 Å². The Morgan fingerprint density at radius 1 is 1.25 bits per heavy atom. The molecule has 16 heavy (non-hydrogen) atoms. The van der Waals surface area contributed by atoms with Crippen molar-refractivity contribution in [3.05, 3.63) is 34.9 Å². The molecule has 0 aliphatic heterocycles. The van der Waals surface area contributed by atoms with Crippen LogP contribution in [-0.4, -0.2) is 5.91 Å². The third-order valence-electron chi connectivity index (χ3n) is 2.40. The Morgan fingerprint density at radius 2 is 1.75 bits per heavy atom. The van der Waals surface area contributed by atoms with Crippen molar-refractivity contribution in [1.82, 2.24) is 5.32 Å². The van der Waals surface area contributed by atoms with Gasteiger partial charge in [0.2, 0.25) is 5.91 Å². The zero-order valence-corrected chi connectivity index (χ0v) is 10.9. The first-order valence-electron chi connectivity index (χ1n) is 5.37. The van der Waals surface area contributed by atoms with E-state index in [-0.39, 0.29) is 17.4 Å². The normalized spacial score (nSPS) is 13.3. The molecule has 1 unspecified atom stereocenters. The SMILES string of the molecule is CC(NC(=O)C(C)(C)C)c1ccc(Cl)cc1. The van der Waals surface area contributed by atoms with Crippen LogP contribution in [-0.2, 0) is 4.79 Å². The van der Waals surface area contributed by atoms with Crippen molar-refractivity contribution in [2.75, 3.05) is 0 Å². The Balaban J connectivity index is 2.69. The van der Waals surface area contributed by atoms with Crippen LogP contribution in [0.25, 0.3) is 0 Å². The lowest BCUT2D eigenvalue weighted by Crippen LogP contribution is -2.36. The van der Waals surface area contributed by atoms with Crippen molar-refractivity contribution in [3.8, 4) is 0 Å². The van der Waals surface area contributed by atoms with Crippen LogP contribution in [0.4, 0.5) is 0 Å². The smallest absolute Gasteiger partial charge is 0.225 e. The quantitative estimate of drug-likeness (QED) is 0.840. The monoisotopic (exact) mass is 239 g/mol. The third kappa shape index (κ3) is 3.53. The molecule has 1 atom stereocenters. The molecular formula is C13H18ClNO. The summed E-state index contributed by atoms with van der Waals surface area (Å²) >= 11 is 5.81. The molecule has 3 heteroatoms. The van der Waals surface area contributed by atoms with Gasteiger partial charge in [0.15, 0.2) is 0 Å². The average molecular weight is 240 g/mol. The summed E-state index contributed by atoms with van der Waals surface area (Å²) < 4.78 is 0. The van der Waals surface area contributed by atoms with Crippen LogP contribution in [0, 0.1) is 5.41 Å². The second-order valence-corrected chi connectivity index (χ2v) is 5.43. The van der Waals surface area contributed by atoms with E-state index in [2.05, 4.69) is 5.32 Å². The molecule has 1 N–H and O–H groups in total. The maximum absolute atomic E-state index is 11.8. The summed E-state index contributed by atoms with van der Waals surface area (Å²) in [6.45, 7) is 7.66. The Bertz CT molecular complexity index is 365. The number of benzene rings is 1. The number of amides is 1. The predicted molar refractivity (Wildman–Crippen MR) is 67.5 cm³/mol. The Hall–Kier alpha value is -1.02. The minimum Gasteiger partial charge on any atom is -0.349 e. The lowest BCUT2D eigenvalue weighted by Gasteiger charge is -2.22. The Labute approximate surface area is 102 Å². The highest BCUT2D eigenvalue weighted by molar-refractivity contribution is 6.30. The van der Waals surface area contributed by atoms with Gasteiger partial charge >= 0.3 is 0 Å². The van der Waals surface area contributed by atoms with E-state index in [1.54, 1.807) is 0 Å². The zero-order valence-electron chi connectivity index (χ0n) is 10.2. The maximum Gasteiger partial charge on any atom is 0.225 e. The van der Waals surface area contributed by atoms with Crippen LogP contribution in [0.2, 0.25) is 5.02 Å². The number of carbonyl (C=O) groups is 1. The first-order chi connectivity index (χ1) is 7.30. The summed E-state index contributed by atoms with van der Waals surface area (Å²) in [4.78, 5) is 11.8. The number of nitrogens with one attached hydrogen (secondary N) is 1. The lowest BCUT2D eigenvalue weighted by atomic mass is 9.95. The van der Waals surface area contributed by atoms with Gasteiger partial charge in [-0.3, -0.25) is 4.79 Å². The number of hydrogen-bond donors (Lipinski definition) is 1. The largest absolute Gasteiger partial charge is 0.349 e. The minimum atomic E-state index is -0.360. The molecule has 88 valence electrons. The fourth-order valence-corrected chi connectivity index (χ4v) is 1.37. The van der Waals surface area contributed by atoms with Gasteiger partial charge in [0.1, 0.15) is 0 Å². The van der Waals surface area contributed by atoms with Crippen LogP contribution in [0.5, 0.6) is 0 Å². The molecule has 0 radical (unpaired) electrons. The van der Waals surface area contributed by atoms with Crippen LogP contribution >= 0.6 is 11.6 Å². The molecule has 0 fully saturated rings. The van der Waals surface area contributed by atoms with E-state index < -0.39 is 0 Å². The molecule has 0 heterocycles. The van der Waals surface area contributed by atoms with E-state index in [0.29, 0.717) is 5.02 Å². The lowest BCUT2D eigenvalue weighted by molar-refractivity contribution is -0.129. The van der Waals surface area contributed by atoms with Gasteiger partial charge in [-0.15, -0.1) is 0 Å². The average Bonchev–Trinajstić information content (AvgIpc) is 2.17. The topological polar surface area (TPSA) is 29.1 Å². The van der Waals surface area contributed by atoms with Crippen LogP contribution in [0.1, 0.15) is 39.3 Å². The molecule has 0 spiro atoms. The second-order valence-electron chi connectivity index (χ2n) is 5.00. The summed E-state index contributed by atoms with van der Waals surface area (Å²) in [5, 5.41) is 3.68. The van der Waals surface area contributed by atoms with Crippen molar-refractivity contribution in [2.45, 2.75) is 33.7 Å².